The molecule has 2 rings (SSSR count). The van der Waals surface area contributed by atoms with Gasteiger partial charge in [-0.3, -0.25) is 4.79 Å². The van der Waals surface area contributed by atoms with Crippen LogP contribution in [0, 0.1) is 0 Å². The Morgan fingerprint density at radius 3 is 2.67 bits per heavy atom. The molecular formula is C14H15NO2S. The standard InChI is InChI=1S/C14H15NO2S/c1-17-13-4-2-11(3-5-13)6-8-15-14(16)12-7-9-18-10-12/h2-5,7,9-10H,6,8H2,1H3,(H,15,16). The van der Waals surface area contributed by atoms with E-state index >= 15 is 0 Å². The van der Waals surface area contributed by atoms with Gasteiger partial charge in [0.05, 0.1) is 7.11 Å². The fourth-order valence-corrected chi connectivity index (χ4v) is 2.24. The second-order valence-corrected chi connectivity index (χ2v) is 4.65. The van der Waals surface area contributed by atoms with Gasteiger partial charge in [-0.15, -0.1) is 0 Å². The highest BCUT2D eigenvalue weighted by Gasteiger charge is 2.04. The fraction of sp³-hybridized carbons (Fsp3) is 0.214. The van der Waals surface area contributed by atoms with Crippen LogP contribution in [0.1, 0.15) is 15.9 Å². The molecular weight excluding hydrogens is 246 g/mol. The molecule has 0 bridgehead atoms. The Hall–Kier alpha value is -1.81. The lowest BCUT2D eigenvalue weighted by Crippen LogP contribution is -2.25. The van der Waals surface area contributed by atoms with Gasteiger partial charge in [-0.25, -0.2) is 0 Å². The Balaban J connectivity index is 1.79. The zero-order valence-corrected chi connectivity index (χ0v) is 11.0. The predicted octanol–water partition coefficient (Wildman–Crippen LogP) is 2.73. The summed E-state index contributed by atoms with van der Waals surface area (Å²) in [7, 11) is 1.65. The van der Waals surface area contributed by atoms with Crippen molar-refractivity contribution in [1.82, 2.24) is 5.32 Å². The minimum Gasteiger partial charge on any atom is -0.497 e. The van der Waals surface area contributed by atoms with E-state index in [1.54, 1.807) is 7.11 Å². The van der Waals surface area contributed by atoms with E-state index in [4.69, 9.17) is 4.74 Å². The third kappa shape index (κ3) is 3.34. The molecule has 0 aliphatic heterocycles. The molecule has 1 amide bonds. The van der Waals surface area contributed by atoms with Gasteiger partial charge < -0.3 is 10.1 Å². The predicted molar refractivity (Wildman–Crippen MR) is 73.4 cm³/mol. The van der Waals surface area contributed by atoms with Gasteiger partial charge in [0.25, 0.3) is 5.91 Å². The second kappa shape index (κ2) is 6.21. The quantitative estimate of drug-likeness (QED) is 0.898. The lowest BCUT2D eigenvalue weighted by atomic mass is 10.1. The maximum absolute atomic E-state index is 11.7. The molecule has 1 heterocycles. The van der Waals surface area contributed by atoms with Crippen molar-refractivity contribution in [2.75, 3.05) is 13.7 Å². The second-order valence-electron chi connectivity index (χ2n) is 3.87. The number of hydrogen-bond acceptors (Lipinski definition) is 3. The largest absolute Gasteiger partial charge is 0.497 e. The van der Waals surface area contributed by atoms with Gasteiger partial charge in [0.1, 0.15) is 5.75 Å². The van der Waals surface area contributed by atoms with Gasteiger partial charge in [0.15, 0.2) is 0 Å². The van der Waals surface area contributed by atoms with E-state index in [9.17, 15) is 4.79 Å². The first kappa shape index (κ1) is 12.6. The highest BCUT2D eigenvalue weighted by molar-refractivity contribution is 7.08. The average molecular weight is 261 g/mol. The van der Waals surface area contributed by atoms with Gasteiger partial charge in [0, 0.05) is 17.5 Å². The first-order valence-electron chi connectivity index (χ1n) is 5.73. The van der Waals surface area contributed by atoms with E-state index in [0.29, 0.717) is 6.54 Å². The molecule has 0 aliphatic rings. The van der Waals surface area contributed by atoms with Crippen LogP contribution in [0.15, 0.2) is 41.1 Å². The minimum absolute atomic E-state index is 0.00948. The molecule has 0 atom stereocenters. The molecule has 4 heteroatoms. The molecule has 2 aromatic rings. The molecule has 0 aliphatic carbocycles. The SMILES string of the molecule is COc1ccc(CCNC(=O)c2ccsc2)cc1. The number of methoxy groups -OCH3 is 1. The first-order valence-corrected chi connectivity index (χ1v) is 6.67. The fourth-order valence-electron chi connectivity index (χ4n) is 1.61. The smallest absolute Gasteiger partial charge is 0.252 e. The number of hydrogen-bond donors (Lipinski definition) is 1. The number of amides is 1. The van der Waals surface area contributed by atoms with Crippen molar-refractivity contribution < 1.29 is 9.53 Å². The van der Waals surface area contributed by atoms with E-state index in [1.807, 2.05) is 41.1 Å². The summed E-state index contributed by atoms with van der Waals surface area (Å²) in [5.74, 6) is 0.839. The minimum atomic E-state index is -0.00948. The molecule has 18 heavy (non-hydrogen) atoms. The molecule has 0 saturated heterocycles. The third-order valence-electron chi connectivity index (χ3n) is 2.64. The van der Waals surface area contributed by atoms with Crippen molar-refractivity contribution in [3.05, 3.63) is 52.2 Å². The van der Waals surface area contributed by atoms with Crippen LogP contribution in [0.3, 0.4) is 0 Å². The Morgan fingerprint density at radius 2 is 2.06 bits per heavy atom. The van der Waals surface area contributed by atoms with Crippen LogP contribution in [0.4, 0.5) is 0 Å². The van der Waals surface area contributed by atoms with E-state index in [2.05, 4.69) is 5.32 Å². The average Bonchev–Trinajstić information content (AvgIpc) is 2.93. The van der Waals surface area contributed by atoms with Crippen LogP contribution in [0.5, 0.6) is 5.75 Å². The highest BCUT2D eigenvalue weighted by atomic mass is 32.1. The lowest BCUT2D eigenvalue weighted by molar-refractivity contribution is 0.0954. The summed E-state index contributed by atoms with van der Waals surface area (Å²) in [4.78, 5) is 11.7. The molecule has 0 radical (unpaired) electrons. The van der Waals surface area contributed by atoms with Crippen LogP contribution in [0.25, 0.3) is 0 Å². The van der Waals surface area contributed by atoms with Crippen molar-refractivity contribution in [3.8, 4) is 5.75 Å². The molecule has 3 nitrogen and oxygen atoms in total. The molecule has 0 spiro atoms. The molecule has 0 saturated carbocycles. The number of thiophene rings is 1. The number of benzene rings is 1. The van der Waals surface area contributed by atoms with E-state index in [1.165, 1.54) is 16.9 Å². The lowest BCUT2D eigenvalue weighted by Gasteiger charge is -2.05. The summed E-state index contributed by atoms with van der Waals surface area (Å²) in [6.07, 6.45) is 0.819. The molecule has 94 valence electrons. The van der Waals surface area contributed by atoms with E-state index in [0.717, 1.165) is 17.7 Å². The van der Waals surface area contributed by atoms with Crippen LogP contribution in [0.2, 0.25) is 0 Å². The Labute approximate surface area is 110 Å². The van der Waals surface area contributed by atoms with Gasteiger partial charge in [-0.1, -0.05) is 12.1 Å². The van der Waals surface area contributed by atoms with Gasteiger partial charge >= 0.3 is 0 Å². The number of carbonyl (C=O) groups excluding carboxylic acids is 1. The number of rotatable bonds is 5. The summed E-state index contributed by atoms with van der Waals surface area (Å²) in [5, 5.41) is 6.65. The van der Waals surface area contributed by atoms with Crippen molar-refractivity contribution >= 4 is 17.2 Å². The number of nitrogens with one attached hydrogen (secondary N) is 1. The molecule has 1 N–H and O–H groups in total. The van der Waals surface area contributed by atoms with Crippen LogP contribution < -0.4 is 10.1 Å². The van der Waals surface area contributed by atoms with E-state index < -0.39 is 0 Å². The van der Waals surface area contributed by atoms with Crippen molar-refractivity contribution in [2.45, 2.75) is 6.42 Å². The number of ether oxygens (including phenoxy) is 1. The molecule has 0 unspecified atom stereocenters. The summed E-state index contributed by atoms with van der Waals surface area (Å²) in [5.41, 5.74) is 1.91. The van der Waals surface area contributed by atoms with Gasteiger partial charge in [0.2, 0.25) is 0 Å². The molecule has 1 aromatic heterocycles. The zero-order valence-electron chi connectivity index (χ0n) is 10.2. The van der Waals surface area contributed by atoms with Gasteiger partial charge in [-0.05, 0) is 35.6 Å². The Morgan fingerprint density at radius 1 is 1.28 bits per heavy atom. The summed E-state index contributed by atoms with van der Waals surface area (Å²) >= 11 is 1.53. The topological polar surface area (TPSA) is 38.3 Å². The highest BCUT2D eigenvalue weighted by Crippen LogP contribution is 2.11. The summed E-state index contributed by atoms with van der Waals surface area (Å²) in [6.45, 7) is 0.640. The Kier molecular flexibility index (Phi) is 4.36. The normalized spacial score (nSPS) is 10.1. The van der Waals surface area contributed by atoms with Crippen molar-refractivity contribution in [3.63, 3.8) is 0 Å². The van der Waals surface area contributed by atoms with Crippen LogP contribution >= 0.6 is 11.3 Å². The Bertz CT molecular complexity index is 491. The summed E-state index contributed by atoms with van der Waals surface area (Å²) in [6, 6.07) is 9.70. The van der Waals surface area contributed by atoms with E-state index in [-0.39, 0.29) is 5.91 Å². The van der Waals surface area contributed by atoms with Crippen LogP contribution in [-0.2, 0) is 6.42 Å². The van der Waals surface area contributed by atoms with Crippen molar-refractivity contribution in [1.29, 1.82) is 0 Å². The monoisotopic (exact) mass is 261 g/mol. The third-order valence-corrected chi connectivity index (χ3v) is 3.32. The maximum Gasteiger partial charge on any atom is 0.252 e. The van der Waals surface area contributed by atoms with Crippen LogP contribution in [-0.4, -0.2) is 19.6 Å². The molecule has 0 fully saturated rings. The van der Waals surface area contributed by atoms with Gasteiger partial charge in [-0.2, -0.15) is 11.3 Å². The maximum atomic E-state index is 11.7. The number of carbonyl (C=O) groups is 1. The first-order chi connectivity index (χ1) is 8.79. The van der Waals surface area contributed by atoms with Crippen molar-refractivity contribution in [2.24, 2.45) is 0 Å². The summed E-state index contributed by atoms with van der Waals surface area (Å²) < 4.78 is 5.09. The zero-order chi connectivity index (χ0) is 12.8. The molecule has 1 aromatic carbocycles.